The van der Waals surface area contributed by atoms with Crippen LogP contribution in [0.4, 0.5) is 0 Å². The van der Waals surface area contributed by atoms with E-state index in [1.165, 1.54) is 0 Å². The molecule has 0 aliphatic carbocycles. The lowest BCUT2D eigenvalue weighted by molar-refractivity contribution is -0.173. The van der Waals surface area contributed by atoms with Gasteiger partial charge in [-0.15, -0.1) is 0 Å². The van der Waals surface area contributed by atoms with Crippen LogP contribution in [0, 0.1) is 5.92 Å². The van der Waals surface area contributed by atoms with E-state index < -0.39 is 35.8 Å². The first kappa shape index (κ1) is 12.4. The number of carbonyl (C=O) groups is 3. The van der Waals surface area contributed by atoms with Gasteiger partial charge in [0, 0.05) is 0 Å². The van der Waals surface area contributed by atoms with Gasteiger partial charge in [0.2, 0.25) is 5.91 Å². The van der Waals surface area contributed by atoms with E-state index in [1.807, 2.05) is 0 Å². The number of amides is 1. The molecule has 5 N–H and O–H groups in total. The molecule has 2 atom stereocenters. The van der Waals surface area contributed by atoms with Crippen LogP contribution in [0.15, 0.2) is 0 Å². The number of aliphatic carboxylic acids is 2. The van der Waals surface area contributed by atoms with E-state index in [9.17, 15) is 19.5 Å². The Labute approximate surface area is 79.1 Å². The molecule has 0 heterocycles. The van der Waals surface area contributed by atoms with Crippen molar-refractivity contribution in [3.8, 4) is 0 Å². The van der Waals surface area contributed by atoms with Gasteiger partial charge in [0.05, 0.1) is 12.3 Å². The van der Waals surface area contributed by atoms with Crippen molar-refractivity contribution in [3.05, 3.63) is 0 Å². The molecular formula is C7H11NO6. The van der Waals surface area contributed by atoms with E-state index in [0.717, 1.165) is 6.92 Å². The first-order valence-electron chi connectivity index (χ1n) is 3.68. The van der Waals surface area contributed by atoms with Crippen LogP contribution < -0.4 is 5.73 Å². The molecule has 1 amide bonds. The fraction of sp³-hybridized carbons (Fsp3) is 0.571. The van der Waals surface area contributed by atoms with E-state index >= 15 is 0 Å². The Morgan fingerprint density at radius 1 is 1.36 bits per heavy atom. The maximum absolute atomic E-state index is 10.6. The lowest BCUT2D eigenvalue weighted by Gasteiger charge is -2.25. The highest BCUT2D eigenvalue weighted by atomic mass is 16.4. The quantitative estimate of drug-likeness (QED) is 0.426. The number of carbonyl (C=O) groups excluding carboxylic acids is 1. The van der Waals surface area contributed by atoms with Crippen LogP contribution in [0.25, 0.3) is 0 Å². The van der Waals surface area contributed by atoms with E-state index in [4.69, 9.17) is 15.9 Å². The second kappa shape index (κ2) is 4.05. The molecule has 0 saturated carbocycles. The number of carboxylic acids is 2. The van der Waals surface area contributed by atoms with E-state index in [0.29, 0.717) is 0 Å². The molecule has 0 saturated heterocycles. The summed E-state index contributed by atoms with van der Waals surface area (Å²) in [6.45, 7) is 1.05. The highest BCUT2D eigenvalue weighted by Crippen LogP contribution is 2.21. The van der Waals surface area contributed by atoms with Gasteiger partial charge >= 0.3 is 11.9 Å². The minimum atomic E-state index is -2.66. The van der Waals surface area contributed by atoms with Crippen molar-refractivity contribution in [2.45, 2.75) is 18.9 Å². The molecule has 0 aliphatic heterocycles. The van der Waals surface area contributed by atoms with Crippen LogP contribution in [0.1, 0.15) is 13.3 Å². The second-order valence-electron chi connectivity index (χ2n) is 2.92. The SMILES string of the molecule is CC(C(N)=O)C(O)(CC(=O)O)C(=O)O. The lowest BCUT2D eigenvalue weighted by Crippen LogP contribution is -2.51. The number of hydrogen-bond acceptors (Lipinski definition) is 4. The number of nitrogens with two attached hydrogens (primary N) is 1. The summed E-state index contributed by atoms with van der Waals surface area (Å²) < 4.78 is 0. The van der Waals surface area contributed by atoms with Gasteiger partial charge in [-0.25, -0.2) is 4.79 Å². The zero-order chi connectivity index (χ0) is 11.5. The van der Waals surface area contributed by atoms with E-state index in [2.05, 4.69) is 0 Å². The van der Waals surface area contributed by atoms with Gasteiger partial charge in [0.25, 0.3) is 0 Å². The number of hydrogen-bond donors (Lipinski definition) is 4. The molecule has 0 radical (unpaired) electrons. The van der Waals surface area contributed by atoms with Crippen molar-refractivity contribution in [1.29, 1.82) is 0 Å². The predicted molar refractivity (Wildman–Crippen MR) is 43.2 cm³/mol. The Bertz CT molecular complexity index is 275. The van der Waals surface area contributed by atoms with Gasteiger partial charge in [0.1, 0.15) is 0 Å². The standard InChI is InChI=1S/C7H11NO6/c1-3(5(8)11)7(14,6(12)13)2-4(9)10/h3,14H,2H2,1H3,(H2,8,11)(H,9,10)(H,12,13). The zero-order valence-electron chi connectivity index (χ0n) is 7.43. The average Bonchev–Trinajstić information content (AvgIpc) is 2.00. The largest absolute Gasteiger partial charge is 0.481 e. The summed E-state index contributed by atoms with van der Waals surface area (Å²) in [5.74, 6) is -5.86. The minimum absolute atomic E-state index is 1.05. The zero-order valence-corrected chi connectivity index (χ0v) is 7.43. The van der Waals surface area contributed by atoms with Crippen LogP contribution in [0.2, 0.25) is 0 Å². The van der Waals surface area contributed by atoms with Gasteiger partial charge in [-0.2, -0.15) is 0 Å². The molecule has 0 rings (SSSR count). The third kappa shape index (κ3) is 2.43. The Hall–Kier alpha value is -1.63. The second-order valence-corrected chi connectivity index (χ2v) is 2.92. The molecule has 14 heavy (non-hydrogen) atoms. The first-order chi connectivity index (χ1) is 6.21. The summed E-state index contributed by atoms with van der Waals surface area (Å²) in [7, 11) is 0. The van der Waals surface area contributed by atoms with Crippen molar-refractivity contribution >= 4 is 17.8 Å². The molecule has 7 heteroatoms. The molecule has 0 fully saturated rings. The Kier molecular flexibility index (Phi) is 3.58. The van der Waals surface area contributed by atoms with Crippen molar-refractivity contribution in [2.24, 2.45) is 11.7 Å². The summed E-state index contributed by atoms with van der Waals surface area (Å²) >= 11 is 0. The topological polar surface area (TPSA) is 138 Å². The van der Waals surface area contributed by atoms with Crippen LogP contribution in [-0.4, -0.2) is 38.8 Å². The summed E-state index contributed by atoms with van der Waals surface area (Å²) in [5.41, 5.74) is 2.13. The minimum Gasteiger partial charge on any atom is -0.481 e. The molecule has 0 aromatic carbocycles. The smallest absolute Gasteiger partial charge is 0.337 e. The van der Waals surface area contributed by atoms with Crippen molar-refractivity contribution < 1.29 is 29.7 Å². The fourth-order valence-electron chi connectivity index (χ4n) is 0.880. The van der Waals surface area contributed by atoms with E-state index in [1.54, 1.807) is 0 Å². The monoisotopic (exact) mass is 205 g/mol. The molecule has 80 valence electrons. The van der Waals surface area contributed by atoms with Crippen molar-refractivity contribution in [2.75, 3.05) is 0 Å². The Morgan fingerprint density at radius 3 is 2.00 bits per heavy atom. The van der Waals surface area contributed by atoms with Crippen LogP contribution >= 0.6 is 0 Å². The van der Waals surface area contributed by atoms with Crippen molar-refractivity contribution in [3.63, 3.8) is 0 Å². The fourth-order valence-corrected chi connectivity index (χ4v) is 0.880. The van der Waals surface area contributed by atoms with Crippen LogP contribution in [0.3, 0.4) is 0 Å². The first-order valence-corrected chi connectivity index (χ1v) is 3.68. The highest BCUT2D eigenvalue weighted by molar-refractivity contribution is 5.91. The molecule has 0 aliphatic rings. The third-order valence-electron chi connectivity index (χ3n) is 1.93. The molecule has 0 aromatic rings. The number of primary amides is 1. The summed E-state index contributed by atoms with van der Waals surface area (Å²) in [4.78, 5) is 31.5. The summed E-state index contributed by atoms with van der Waals surface area (Å²) in [6.07, 6.45) is -1.08. The van der Waals surface area contributed by atoms with Gasteiger partial charge < -0.3 is 21.1 Å². The predicted octanol–water partition coefficient (Wildman–Crippen LogP) is -1.60. The molecule has 0 bridgehead atoms. The third-order valence-corrected chi connectivity index (χ3v) is 1.93. The van der Waals surface area contributed by atoms with Gasteiger partial charge in [0.15, 0.2) is 5.60 Å². The van der Waals surface area contributed by atoms with Gasteiger partial charge in [-0.1, -0.05) is 6.92 Å². The Balaban J connectivity index is 4.99. The summed E-state index contributed by atoms with van der Waals surface area (Å²) in [5, 5.41) is 26.3. The maximum Gasteiger partial charge on any atom is 0.337 e. The number of carboxylic acid groups (broad SMARTS) is 2. The Morgan fingerprint density at radius 2 is 1.79 bits per heavy atom. The molecular weight excluding hydrogens is 194 g/mol. The summed E-state index contributed by atoms with van der Waals surface area (Å²) in [6, 6.07) is 0. The normalized spacial score (nSPS) is 16.7. The molecule has 7 nitrogen and oxygen atoms in total. The lowest BCUT2D eigenvalue weighted by atomic mass is 9.85. The number of rotatable bonds is 5. The number of aliphatic hydroxyl groups is 1. The highest BCUT2D eigenvalue weighted by Gasteiger charge is 2.46. The average molecular weight is 205 g/mol. The molecule has 0 aromatic heterocycles. The van der Waals surface area contributed by atoms with Gasteiger partial charge in [-0.3, -0.25) is 9.59 Å². The van der Waals surface area contributed by atoms with Gasteiger partial charge in [-0.05, 0) is 0 Å². The van der Waals surface area contributed by atoms with E-state index in [-0.39, 0.29) is 0 Å². The molecule has 0 spiro atoms. The van der Waals surface area contributed by atoms with Crippen LogP contribution in [-0.2, 0) is 14.4 Å². The molecule has 2 unspecified atom stereocenters. The maximum atomic E-state index is 10.6. The van der Waals surface area contributed by atoms with Crippen molar-refractivity contribution in [1.82, 2.24) is 0 Å². The van der Waals surface area contributed by atoms with Crippen LogP contribution in [0.5, 0.6) is 0 Å².